The number of carbonyl (C=O) groups excluding carboxylic acids is 1. The molecule has 7 heteroatoms. The summed E-state index contributed by atoms with van der Waals surface area (Å²) in [6, 6.07) is 21.2. The molecule has 0 aromatic heterocycles. The minimum atomic E-state index is -0.195. The number of amidine groups is 1. The first-order valence-electron chi connectivity index (χ1n) is 11.6. The van der Waals surface area contributed by atoms with E-state index >= 15 is 0 Å². The molecule has 1 aliphatic rings. The molecule has 184 valence electrons. The van der Waals surface area contributed by atoms with Crippen molar-refractivity contribution in [2.75, 3.05) is 13.7 Å². The van der Waals surface area contributed by atoms with Crippen LogP contribution in [0.25, 0.3) is 6.08 Å². The van der Waals surface area contributed by atoms with E-state index in [0.717, 1.165) is 28.1 Å². The predicted molar refractivity (Wildman–Crippen MR) is 146 cm³/mol. The number of allylic oxidation sites excluding steroid dienone is 1. The van der Waals surface area contributed by atoms with Crippen LogP contribution in [0.5, 0.6) is 17.2 Å². The Morgan fingerprint density at radius 3 is 2.53 bits per heavy atom. The van der Waals surface area contributed by atoms with E-state index in [1.54, 1.807) is 7.11 Å². The Labute approximate surface area is 215 Å². The lowest BCUT2D eigenvalue weighted by atomic mass is 10.0. The summed E-state index contributed by atoms with van der Waals surface area (Å²) in [6.45, 7) is 6.74. The standard InChI is InChI=1S/C29H28N2O4S/c1-4-9-22-16-21(17-25(34-5-2)27(22)35-19-20-10-7-6-8-11-20)18-26-28(32)31-29(36-26)30-23-12-14-24(33-3)15-13-23/h4,6-8,10-18H,1,5,9,19H2,2-3H3,(H,30,31,32)/b26-18+. The van der Waals surface area contributed by atoms with Gasteiger partial charge in [0.1, 0.15) is 12.4 Å². The highest BCUT2D eigenvalue weighted by Crippen LogP contribution is 2.37. The second-order valence-corrected chi connectivity index (χ2v) is 8.92. The normalized spacial score (nSPS) is 15.1. The van der Waals surface area contributed by atoms with Crippen LogP contribution < -0.4 is 19.5 Å². The maximum absolute atomic E-state index is 12.7. The molecule has 36 heavy (non-hydrogen) atoms. The molecule has 0 unspecified atom stereocenters. The topological polar surface area (TPSA) is 69.2 Å². The van der Waals surface area contributed by atoms with Crippen molar-refractivity contribution >= 4 is 34.6 Å². The second kappa shape index (κ2) is 12.1. The molecule has 3 aromatic carbocycles. The van der Waals surface area contributed by atoms with Crippen LogP contribution >= 0.6 is 11.8 Å². The fraction of sp³-hybridized carbons (Fsp3) is 0.172. The Morgan fingerprint density at radius 1 is 1.06 bits per heavy atom. The van der Waals surface area contributed by atoms with Crippen molar-refractivity contribution in [1.29, 1.82) is 0 Å². The Kier molecular flexibility index (Phi) is 8.47. The number of amides is 1. The number of methoxy groups -OCH3 is 1. The molecule has 3 aromatic rings. The van der Waals surface area contributed by atoms with Crippen molar-refractivity contribution < 1.29 is 19.0 Å². The number of nitrogens with zero attached hydrogens (tertiary/aromatic N) is 1. The number of rotatable bonds is 10. The molecule has 1 N–H and O–H groups in total. The van der Waals surface area contributed by atoms with Gasteiger partial charge in [0, 0.05) is 5.56 Å². The fourth-order valence-corrected chi connectivity index (χ4v) is 4.48. The number of aliphatic imine (C=N–C) groups is 1. The van der Waals surface area contributed by atoms with Crippen LogP contribution in [0.2, 0.25) is 0 Å². The zero-order valence-electron chi connectivity index (χ0n) is 20.3. The van der Waals surface area contributed by atoms with Crippen molar-refractivity contribution in [2.24, 2.45) is 4.99 Å². The van der Waals surface area contributed by atoms with E-state index in [-0.39, 0.29) is 5.91 Å². The zero-order chi connectivity index (χ0) is 25.3. The van der Waals surface area contributed by atoms with Crippen LogP contribution in [0.15, 0.2) is 89.3 Å². The highest BCUT2D eigenvalue weighted by molar-refractivity contribution is 8.18. The lowest BCUT2D eigenvalue weighted by Gasteiger charge is -2.17. The van der Waals surface area contributed by atoms with Gasteiger partial charge in [-0.15, -0.1) is 6.58 Å². The number of nitrogens with one attached hydrogen (secondary N) is 1. The van der Waals surface area contributed by atoms with E-state index in [2.05, 4.69) is 16.9 Å². The molecular formula is C29H28N2O4S. The Balaban J connectivity index is 1.60. The molecule has 0 radical (unpaired) electrons. The Bertz CT molecular complexity index is 1280. The summed E-state index contributed by atoms with van der Waals surface area (Å²) < 4.78 is 17.3. The molecule has 4 rings (SSSR count). The van der Waals surface area contributed by atoms with E-state index in [9.17, 15) is 4.79 Å². The van der Waals surface area contributed by atoms with Gasteiger partial charge >= 0.3 is 0 Å². The van der Waals surface area contributed by atoms with E-state index in [1.807, 2.05) is 85.8 Å². The highest BCUT2D eigenvalue weighted by atomic mass is 32.2. The van der Waals surface area contributed by atoms with Gasteiger partial charge in [-0.25, -0.2) is 4.99 Å². The minimum Gasteiger partial charge on any atom is -0.497 e. The number of hydrogen-bond donors (Lipinski definition) is 1. The number of benzene rings is 3. The van der Waals surface area contributed by atoms with Gasteiger partial charge in [-0.1, -0.05) is 36.4 Å². The van der Waals surface area contributed by atoms with Crippen molar-refractivity contribution in [1.82, 2.24) is 5.32 Å². The third-order valence-corrected chi connectivity index (χ3v) is 6.21. The predicted octanol–water partition coefficient (Wildman–Crippen LogP) is 6.29. The second-order valence-electron chi connectivity index (χ2n) is 7.89. The van der Waals surface area contributed by atoms with Gasteiger partial charge in [0.2, 0.25) is 0 Å². The van der Waals surface area contributed by atoms with Gasteiger partial charge in [0.15, 0.2) is 16.7 Å². The zero-order valence-corrected chi connectivity index (χ0v) is 21.1. The first-order chi connectivity index (χ1) is 17.6. The molecule has 0 spiro atoms. The lowest BCUT2D eigenvalue weighted by Crippen LogP contribution is -2.19. The summed E-state index contributed by atoms with van der Waals surface area (Å²) >= 11 is 1.30. The third-order valence-electron chi connectivity index (χ3n) is 5.30. The van der Waals surface area contributed by atoms with E-state index < -0.39 is 0 Å². The Hall–Kier alpha value is -3.97. The van der Waals surface area contributed by atoms with Crippen molar-refractivity contribution in [2.45, 2.75) is 20.0 Å². The monoisotopic (exact) mass is 500 g/mol. The molecule has 0 saturated carbocycles. The van der Waals surface area contributed by atoms with Gasteiger partial charge in [-0.3, -0.25) is 4.79 Å². The molecule has 0 atom stereocenters. The van der Waals surface area contributed by atoms with Gasteiger partial charge in [-0.2, -0.15) is 0 Å². The average molecular weight is 501 g/mol. The SMILES string of the molecule is C=CCc1cc(/C=C2/SC(=Nc3ccc(OC)cc3)NC2=O)cc(OCC)c1OCc1ccccc1. The maximum Gasteiger partial charge on any atom is 0.264 e. The van der Waals surface area contributed by atoms with Crippen LogP contribution in [0.4, 0.5) is 5.69 Å². The molecular weight excluding hydrogens is 472 g/mol. The summed E-state index contributed by atoms with van der Waals surface area (Å²) in [7, 11) is 1.62. The summed E-state index contributed by atoms with van der Waals surface area (Å²) in [5, 5.41) is 3.36. The van der Waals surface area contributed by atoms with Gasteiger partial charge < -0.3 is 19.5 Å². The van der Waals surface area contributed by atoms with Crippen molar-refractivity contribution in [3.8, 4) is 17.2 Å². The number of ether oxygens (including phenoxy) is 3. The van der Waals surface area contributed by atoms with Crippen LogP contribution in [-0.2, 0) is 17.8 Å². The Morgan fingerprint density at radius 2 is 1.83 bits per heavy atom. The lowest BCUT2D eigenvalue weighted by molar-refractivity contribution is -0.115. The average Bonchev–Trinajstić information content (AvgIpc) is 3.23. The van der Waals surface area contributed by atoms with Gasteiger partial charge in [-0.05, 0) is 78.7 Å². The van der Waals surface area contributed by atoms with Crippen LogP contribution in [0.1, 0.15) is 23.6 Å². The number of thioether (sulfide) groups is 1. The van der Waals surface area contributed by atoms with E-state index in [0.29, 0.717) is 41.2 Å². The summed E-state index contributed by atoms with van der Waals surface area (Å²) in [4.78, 5) is 17.7. The van der Waals surface area contributed by atoms with E-state index in [4.69, 9.17) is 14.2 Å². The first kappa shape index (κ1) is 25.1. The molecule has 0 bridgehead atoms. The summed E-state index contributed by atoms with van der Waals surface area (Å²) in [5.41, 5.74) is 3.57. The summed E-state index contributed by atoms with van der Waals surface area (Å²) in [5.74, 6) is 1.88. The van der Waals surface area contributed by atoms with Crippen LogP contribution in [0.3, 0.4) is 0 Å². The quantitative estimate of drug-likeness (QED) is 0.262. The highest BCUT2D eigenvalue weighted by Gasteiger charge is 2.24. The molecule has 1 aliphatic heterocycles. The number of hydrogen-bond acceptors (Lipinski definition) is 6. The molecule has 1 fully saturated rings. The molecule has 0 aliphatic carbocycles. The molecule has 1 saturated heterocycles. The fourth-order valence-electron chi connectivity index (χ4n) is 3.64. The van der Waals surface area contributed by atoms with Crippen LogP contribution in [-0.4, -0.2) is 24.8 Å². The smallest absolute Gasteiger partial charge is 0.264 e. The molecule has 6 nitrogen and oxygen atoms in total. The number of carbonyl (C=O) groups is 1. The summed E-state index contributed by atoms with van der Waals surface area (Å²) in [6.07, 6.45) is 4.27. The molecule has 1 heterocycles. The van der Waals surface area contributed by atoms with Crippen molar-refractivity contribution in [3.63, 3.8) is 0 Å². The van der Waals surface area contributed by atoms with Crippen LogP contribution in [0, 0.1) is 0 Å². The third kappa shape index (κ3) is 6.37. The maximum atomic E-state index is 12.7. The van der Waals surface area contributed by atoms with Gasteiger partial charge in [0.05, 0.1) is 24.3 Å². The van der Waals surface area contributed by atoms with Gasteiger partial charge in [0.25, 0.3) is 5.91 Å². The molecule has 1 amide bonds. The van der Waals surface area contributed by atoms with E-state index in [1.165, 1.54) is 11.8 Å². The largest absolute Gasteiger partial charge is 0.497 e. The minimum absolute atomic E-state index is 0.195. The first-order valence-corrected chi connectivity index (χ1v) is 12.4. The van der Waals surface area contributed by atoms with Crippen molar-refractivity contribution in [3.05, 3.63) is 101 Å².